The average Bonchev–Trinajstić information content (AvgIpc) is 2.66. The van der Waals surface area contributed by atoms with Gasteiger partial charge in [-0.25, -0.2) is 4.98 Å². The molecule has 0 aliphatic rings. The van der Waals surface area contributed by atoms with Crippen LogP contribution in [0.2, 0.25) is 0 Å². The summed E-state index contributed by atoms with van der Waals surface area (Å²) in [6.07, 6.45) is 5.28. The largest absolute Gasteiger partial charge is 0.361 e. The second kappa shape index (κ2) is 5.26. The van der Waals surface area contributed by atoms with Crippen molar-refractivity contribution < 1.29 is 0 Å². The molecule has 0 aliphatic carbocycles. The van der Waals surface area contributed by atoms with E-state index in [-0.39, 0.29) is 11.6 Å². The van der Waals surface area contributed by atoms with Crippen molar-refractivity contribution in [1.29, 1.82) is 0 Å². The van der Waals surface area contributed by atoms with Crippen LogP contribution in [0.3, 0.4) is 0 Å². The molecular weight excluding hydrogens is 242 g/mol. The second-order valence-electron chi connectivity index (χ2n) is 4.85. The standard InChI is InChI=1S/C13H19N5O/c1-9(2)18-6-5-14-12(13(18)19)15-7-11-8-17(4)16-10(11)3/h5-6,8-9H,7H2,1-4H3,(H,14,15). The van der Waals surface area contributed by atoms with Gasteiger partial charge in [-0.1, -0.05) is 0 Å². The highest BCUT2D eigenvalue weighted by Crippen LogP contribution is 2.07. The molecular formula is C13H19N5O. The Balaban J connectivity index is 2.18. The van der Waals surface area contributed by atoms with E-state index in [0.717, 1.165) is 11.3 Å². The van der Waals surface area contributed by atoms with Gasteiger partial charge in [-0.2, -0.15) is 5.10 Å². The molecule has 0 aromatic carbocycles. The van der Waals surface area contributed by atoms with Crippen molar-refractivity contribution in [2.75, 3.05) is 5.32 Å². The van der Waals surface area contributed by atoms with E-state index in [1.807, 2.05) is 34.0 Å². The number of hydrogen-bond acceptors (Lipinski definition) is 4. The quantitative estimate of drug-likeness (QED) is 0.905. The van der Waals surface area contributed by atoms with Crippen molar-refractivity contribution in [2.24, 2.45) is 7.05 Å². The lowest BCUT2D eigenvalue weighted by Crippen LogP contribution is -2.25. The minimum atomic E-state index is -0.0981. The minimum Gasteiger partial charge on any atom is -0.361 e. The van der Waals surface area contributed by atoms with Crippen LogP contribution in [0.15, 0.2) is 23.4 Å². The lowest BCUT2D eigenvalue weighted by molar-refractivity contribution is 0.575. The van der Waals surface area contributed by atoms with Gasteiger partial charge in [0.2, 0.25) is 0 Å². The molecule has 0 amide bonds. The molecule has 102 valence electrons. The van der Waals surface area contributed by atoms with E-state index in [1.165, 1.54) is 0 Å². The first-order valence-electron chi connectivity index (χ1n) is 6.29. The molecule has 6 nitrogen and oxygen atoms in total. The van der Waals surface area contributed by atoms with Gasteiger partial charge in [0.15, 0.2) is 5.82 Å². The van der Waals surface area contributed by atoms with Gasteiger partial charge in [0, 0.05) is 43.8 Å². The molecule has 2 rings (SSSR count). The molecule has 6 heteroatoms. The molecule has 0 saturated heterocycles. The van der Waals surface area contributed by atoms with E-state index >= 15 is 0 Å². The van der Waals surface area contributed by atoms with E-state index in [1.54, 1.807) is 21.6 Å². The van der Waals surface area contributed by atoms with Crippen LogP contribution in [-0.4, -0.2) is 19.3 Å². The first-order valence-corrected chi connectivity index (χ1v) is 6.29. The molecule has 0 saturated carbocycles. The van der Waals surface area contributed by atoms with E-state index in [9.17, 15) is 4.79 Å². The Bertz CT molecular complexity index is 626. The molecule has 0 unspecified atom stereocenters. The molecule has 0 radical (unpaired) electrons. The van der Waals surface area contributed by atoms with Gasteiger partial charge in [0.25, 0.3) is 5.56 Å². The van der Waals surface area contributed by atoms with Crippen molar-refractivity contribution in [3.8, 4) is 0 Å². The van der Waals surface area contributed by atoms with Crippen molar-refractivity contribution in [3.05, 3.63) is 40.2 Å². The van der Waals surface area contributed by atoms with Gasteiger partial charge < -0.3 is 9.88 Å². The SMILES string of the molecule is Cc1nn(C)cc1CNc1nccn(C(C)C)c1=O. The first kappa shape index (κ1) is 13.3. The van der Waals surface area contributed by atoms with Crippen molar-refractivity contribution in [2.45, 2.75) is 33.4 Å². The lowest BCUT2D eigenvalue weighted by Gasteiger charge is -2.11. The van der Waals surface area contributed by atoms with Crippen LogP contribution < -0.4 is 10.9 Å². The third-order valence-electron chi connectivity index (χ3n) is 2.99. The zero-order chi connectivity index (χ0) is 14.0. The topological polar surface area (TPSA) is 64.7 Å². The van der Waals surface area contributed by atoms with E-state index < -0.39 is 0 Å². The van der Waals surface area contributed by atoms with Crippen molar-refractivity contribution in [3.63, 3.8) is 0 Å². The maximum Gasteiger partial charge on any atom is 0.293 e. The van der Waals surface area contributed by atoms with E-state index in [2.05, 4.69) is 15.4 Å². The summed E-state index contributed by atoms with van der Waals surface area (Å²) in [5.41, 5.74) is 1.91. The van der Waals surface area contributed by atoms with Gasteiger partial charge >= 0.3 is 0 Å². The molecule has 1 N–H and O–H groups in total. The Kier molecular flexibility index (Phi) is 3.69. The smallest absolute Gasteiger partial charge is 0.293 e. The van der Waals surface area contributed by atoms with Crippen LogP contribution in [0.5, 0.6) is 0 Å². The fourth-order valence-corrected chi connectivity index (χ4v) is 1.95. The highest BCUT2D eigenvalue weighted by atomic mass is 16.1. The number of nitrogens with one attached hydrogen (secondary N) is 1. The molecule has 0 atom stereocenters. The van der Waals surface area contributed by atoms with E-state index in [0.29, 0.717) is 12.4 Å². The molecule has 19 heavy (non-hydrogen) atoms. The summed E-state index contributed by atoms with van der Waals surface area (Å²) in [7, 11) is 1.88. The predicted molar refractivity (Wildman–Crippen MR) is 74.2 cm³/mol. The summed E-state index contributed by atoms with van der Waals surface area (Å²) < 4.78 is 3.42. The fourth-order valence-electron chi connectivity index (χ4n) is 1.95. The number of rotatable bonds is 4. The zero-order valence-electron chi connectivity index (χ0n) is 11.7. The minimum absolute atomic E-state index is 0.0981. The lowest BCUT2D eigenvalue weighted by atomic mass is 10.2. The highest BCUT2D eigenvalue weighted by Gasteiger charge is 2.08. The summed E-state index contributed by atoms with van der Waals surface area (Å²) in [4.78, 5) is 16.2. The maximum atomic E-state index is 12.1. The van der Waals surface area contributed by atoms with Gasteiger partial charge in [-0.05, 0) is 20.8 Å². The third kappa shape index (κ3) is 2.83. The van der Waals surface area contributed by atoms with Gasteiger partial charge in [-0.3, -0.25) is 9.48 Å². The van der Waals surface area contributed by atoms with Crippen molar-refractivity contribution >= 4 is 5.82 Å². The zero-order valence-corrected chi connectivity index (χ0v) is 11.7. The highest BCUT2D eigenvalue weighted by molar-refractivity contribution is 5.33. The molecule has 0 fully saturated rings. The fraction of sp³-hybridized carbons (Fsp3) is 0.462. The van der Waals surface area contributed by atoms with Crippen LogP contribution >= 0.6 is 0 Å². The first-order chi connectivity index (χ1) is 8.99. The maximum absolute atomic E-state index is 12.1. The molecule has 2 heterocycles. The van der Waals surface area contributed by atoms with Crippen molar-refractivity contribution in [1.82, 2.24) is 19.3 Å². The number of aromatic nitrogens is 4. The van der Waals surface area contributed by atoms with Crippen LogP contribution in [-0.2, 0) is 13.6 Å². The summed E-state index contributed by atoms with van der Waals surface area (Å²) in [6.45, 7) is 6.43. The Morgan fingerprint density at radius 2 is 2.16 bits per heavy atom. The monoisotopic (exact) mass is 261 g/mol. The Labute approximate surface area is 112 Å². The van der Waals surface area contributed by atoms with Gasteiger partial charge in [-0.15, -0.1) is 0 Å². The van der Waals surface area contributed by atoms with Crippen LogP contribution in [0.1, 0.15) is 31.1 Å². The normalized spacial score (nSPS) is 11.0. The number of nitrogens with zero attached hydrogens (tertiary/aromatic N) is 4. The summed E-state index contributed by atoms with van der Waals surface area (Å²) >= 11 is 0. The number of aryl methyl sites for hydroxylation is 2. The van der Waals surface area contributed by atoms with Crippen LogP contribution in [0.25, 0.3) is 0 Å². The summed E-state index contributed by atoms with van der Waals surface area (Å²) in [5.74, 6) is 0.374. The summed E-state index contributed by atoms with van der Waals surface area (Å²) in [5, 5.41) is 7.35. The Hall–Kier alpha value is -2.11. The average molecular weight is 261 g/mol. The molecule has 2 aromatic heterocycles. The molecule has 0 spiro atoms. The summed E-state index contributed by atoms with van der Waals surface area (Å²) in [6, 6.07) is 0.121. The molecule has 0 bridgehead atoms. The molecule has 0 aliphatic heterocycles. The number of hydrogen-bond donors (Lipinski definition) is 1. The third-order valence-corrected chi connectivity index (χ3v) is 2.99. The van der Waals surface area contributed by atoms with E-state index in [4.69, 9.17) is 0 Å². The Morgan fingerprint density at radius 3 is 2.74 bits per heavy atom. The number of anilines is 1. The van der Waals surface area contributed by atoms with Crippen LogP contribution in [0, 0.1) is 6.92 Å². The van der Waals surface area contributed by atoms with Gasteiger partial charge in [0.05, 0.1) is 5.69 Å². The Morgan fingerprint density at radius 1 is 1.42 bits per heavy atom. The predicted octanol–water partition coefficient (Wildman–Crippen LogP) is 1.48. The second-order valence-corrected chi connectivity index (χ2v) is 4.85. The van der Waals surface area contributed by atoms with Gasteiger partial charge in [0.1, 0.15) is 0 Å². The molecule has 2 aromatic rings. The van der Waals surface area contributed by atoms with Crippen LogP contribution in [0.4, 0.5) is 5.82 Å².